The number of piperidine rings is 1. The van der Waals surface area contributed by atoms with Gasteiger partial charge in [0.15, 0.2) is 0 Å². The molecule has 0 amide bonds. The maximum absolute atomic E-state index is 6.02. The normalized spacial score (nSPS) is 37.6. The molecule has 15 heavy (non-hydrogen) atoms. The first kappa shape index (κ1) is 13.3. The first-order valence-electron chi connectivity index (χ1n) is 6.29. The van der Waals surface area contributed by atoms with E-state index in [1.54, 1.807) is 0 Å². The molecule has 2 nitrogen and oxygen atoms in total. The van der Waals surface area contributed by atoms with Gasteiger partial charge in [0.2, 0.25) is 0 Å². The van der Waals surface area contributed by atoms with Crippen LogP contribution in [0, 0.1) is 5.92 Å². The van der Waals surface area contributed by atoms with Crippen LogP contribution in [0.2, 0.25) is 0 Å². The summed E-state index contributed by atoms with van der Waals surface area (Å²) in [6.07, 6.45) is 8.23. The van der Waals surface area contributed by atoms with Gasteiger partial charge in [-0.1, -0.05) is 13.3 Å². The molecule has 0 aromatic carbocycles. The molecule has 0 aromatic heterocycles. The largest absolute Gasteiger partial charge is 0.327 e. The maximum Gasteiger partial charge on any atom is 0.0168 e. The average Bonchev–Trinajstić information content (AvgIpc) is 2.66. The van der Waals surface area contributed by atoms with Crippen LogP contribution < -0.4 is 5.73 Å². The van der Waals surface area contributed by atoms with E-state index in [0.717, 1.165) is 18.5 Å². The van der Waals surface area contributed by atoms with Crippen molar-refractivity contribution >= 4 is 12.4 Å². The van der Waals surface area contributed by atoms with E-state index < -0.39 is 0 Å². The van der Waals surface area contributed by atoms with Crippen LogP contribution in [0.1, 0.15) is 45.4 Å². The summed E-state index contributed by atoms with van der Waals surface area (Å²) in [5, 5.41) is 0. The number of likely N-dealkylation sites (tertiary alicyclic amines) is 1. The minimum Gasteiger partial charge on any atom is -0.327 e. The predicted octanol–water partition coefficient (Wildman–Crippen LogP) is 2.41. The van der Waals surface area contributed by atoms with Crippen LogP contribution in [0.25, 0.3) is 0 Å². The van der Waals surface area contributed by atoms with Crippen molar-refractivity contribution in [1.82, 2.24) is 4.90 Å². The first-order chi connectivity index (χ1) is 6.79. The number of rotatable bonds is 2. The summed E-state index contributed by atoms with van der Waals surface area (Å²) in [6.45, 7) is 4.78. The van der Waals surface area contributed by atoms with Crippen LogP contribution in [0.15, 0.2) is 0 Å². The van der Waals surface area contributed by atoms with E-state index in [0.29, 0.717) is 6.04 Å². The highest BCUT2D eigenvalue weighted by atomic mass is 35.5. The number of hydrogen-bond donors (Lipinski definition) is 1. The summed E-state index contributed by atoms with van der Waals surface area (Å²) < 4.78 is 0. The zero-order valence-corrected chi connectivity index (χ0v) is 10.6. The van der Waals surface area contributed by atoms with E-state index in [9.17, 15) is 0 Å². The van der Waals surface area contributed by atoms with Gasteiger partial charge in [-0.15, -0.1) is 12.4 Å². The minimum atomic E-state index is 0. The van der Waals surface area contributed by atoms with E-state index in [1.165, 1.54) is 45.1 Å². The standard InChI is InChI=1S/C12H24N2.ClH/c1-2-10-5-6-12(8-10)14-7-3-4-11(13)9-14;/h10-12H,2-9,13H2,1H3;1H/t10?,11-,12?;/m1./s1. The van der Waals surface area contributed by atoms with Crippen molar-refractivity contribution in [2.24, 2.45) is 11.7 Å². The molecule has 0 aromatic rings. The van der Waals surface area contributed by atoms with Crippen molar-refractivity contribution in [3.05, 3.63) is 0 Å². The molecule has 90 valence electrons. The molecule has 2 rings (SSSR count). The molecule has 3 heteroatoms. The molecule has 2 unspecified atom stereocenters. The Labute approximate surface area is 100.0 Å². The van der Waals surface area contributed by atoms with Crippen molar-refractivity contribution < 1.29 is 0 Å². The molecule has 1 heterocycles. The van der Waals surface area contributed by atoms with Gasteiger partial charge in [-0.2, -0.15) is 0 Å². The second-order valence-electron chi connectivity index (χ2n) is 5.14. The van der Waals surface area contributed by atoms with Gasteiger partial charge in [-0.25, -0.2) is 0 Å². The van der Waals surface area contributed by atoms with E-state index in [-0.39, 0.29) is 12.4 Å². The third-order valence-electron chi connectivity index (χ3n) is 4.10. The van der Waals surface area contributed by atoms with Gasteiger partial charge in [-0.05, 0) is 44.6 Å². The summed E-state index contributed by atoms with van der Waals surface area (Å²) in [7, 11) is 0. The molecule has 1 saturated heterocycles. The molecule has 1 saturated carbocycles. The van der Waals surface area contributed by atoms with Crippen LogP contribution >= 0.6 is 12.4 Å². The second-order valence-corrected chi connectivity index (χ2v) is 5.14. The summed E-state index contributed by atoms with van der Waals surface area (Å²) in [5.74, 6) is 0.998. The maximum atomic E-state index is 6.02. The highest BCUT2D eigenvalue weighted by molar-refractivity contribution is 5.85. The van der Waals surface area contributed by atoms with E-state index in [1.807, 2.05) is 0 Å². The van der Waals surface area contributed by atoms with Crippen molar-refractivity contribution in [3.63, 3.8) is 0 Å². The Balaban J connectivity index is 0.00000112. The quantitative estimate of drug-likeness (QED) is 0.793. The van der Waals surface area contributed by atoms with Gasteiger partial charge in [-0.3, -0.25) is 4.90 Å². The van der Waals surface area contributed by atoms with Crippen LogP contribution in [0.4, 0.5) is 0 Å². The van der Waals surface area contributed by atoms with E-state index in [4.69, 9.17) is 5.73 Å². The molecule has 2 aliphatic rings. The summed E-state index contributed by atoms with van der Waals surface area (Å²) >= 11 is 0. The Hall–Kier alpha value is 0.210. The SMILES string of the molecule is CCC1CCC(N2CCC[C@@H](N)C2)C1.Cl. The predicted molar refractivity (Wildman–Crippen MR) is 67.5 cm³/mol. The fourth-order valence-corrected chi connectivity index (χ4v) is 3.12. The highest BCUT2D eigenvalue weighted by Gasteiger charge is 2.30. The Morgan fingerprint density at radius 1 is 1.27 bits per heavy atom. The molecule has 2 N–H and O–H groups in total. The number of halogens is 1. The first-order valence-corrected chi connectivity index (χ1v) is 6.29. The highest BCUT2D eigenvalue weighted by Crippen LogP contribution is 2.32. The van der Waals surface area contributed by atoms with Crippen LogP contribution in [-0.2, 0) is 0 Å². The lowest BCUT2D eigenvalue weighted by Crippen LogP contribution is -2.46. The smallest absolute Gasteiger partial charge is 0.0168 e. The molecule has 3 atom stereocenters. The molecule has 1 aliphatic heterocycles. The molecular weight excluding hydrogens is 208 g/mol. The Kier molecular flexibility index (Phi) is 5.37. The zero-order chi connectivity index (χ0) is 9.97. The van der Waals surface area contributed by atoms with Crippen molar-refractivity contribution in [3.8, 4) is 0 Å². The topological polar surface area (TPSA) is 29.3 Å². The Morgan fingerprint density at radius 3 is 2.67 bits per heavy atom. The third kappa shape index (κ3) is 3.33. The molecular formula is C12H25ClN2. The van der Waals surface area contributed by atoms with Crippen molar-refractivity contribution in [1.29, 1.82) is 0 Å². The number of nitrogens with two attached hydrogens (primary N) is 1. The molecule has 0 radical (unpaired) electrons. The van der Waals surface area contributed by atoms with E-state index >= 15 is 0 Å². The van der Waals surface area contributed by atoms with Gasteiger partial charge in [0, 0.05) is 18.6 Å². The minimum absolute atomic E-state index is 0. The zero-order valence-electron chi connectivity index (χ0n) is 9.82. The number of hydrogen-bond acceptors (Lipinski definition) is 2. The molecule has 2 fully saturated rings. The van der Waals surface area contributed by atoms with Gasteiger partial charge in [0.05, 0.1) is 0 Å². The van der Waals surface area contributed by atoms with Crippen LogP contribution in [0.5, 0.6) is 0 Å². The lowest BCUT2D eigenvalue weighted by molar-refractivity contribution is 0.148. The van der Waals surface area contributed by atoms with Gasteiger partial charge in [0.1, 0.15) is 0 Å². The fraction of sp³-hybridized carbons (Fsp3) is 1.00. The Bertz CT molecular complexity index is 186. The second kappa shape index (κ2) is 6.07. The molecule has 1 aliphatic carbocycles. The molecule has 0 bridgehead atoms. The van der Waals surface area contributed by atoms with Gasteiger partial charge < -0.3 is 5.73 Å². The lowest BCUT2D eigenvalue weighted by Gasteiger charge is -2.35. The number of nitrogens with zero attached hydrogens (tertiary/aromatic N) is 1. The van der Waals surface area contributed by atoms with Crippen molar-refractivity contribution in [2.45, 2.75) is 57.5 Å². The van der Waals surface area contributed by atoms with Crippen LogP contribution in [0.3, 0.4) is 0 Å². The van der Waals surface area contributed by atoms with Crippen LogP contribution in [-0.4, -0.2) is 30.1 Å². The van der Waals surface area contributed by atoms with E-state index in [2.05, 4.69) is 11.8 Å². The fourth-order valence-electron chi connectivity index (χ4n) is 3.12. The van der Waals surface area contributed by atoms with Gasteiger partial charge >= 0.3 is 0 Å². The molecule has 0 spiro atoms. The average molecular weight is 233 g/mol. The summed E-state index contributed by atoms with van der Waals surface area (Å²) in [4.78, 5) is 2.66. The Morgan fingerprint density at radius 2 is 2.07 bits per heavy atom. The summed E-state index contributed by atoms with van der Waals surface area (Å²) in [6, 6.07) is 1.32. The third-order valence-corrected chi connectivity index (χ3v) is 4.10. The van der Waals surface area contributed by atoms with Gasteiger partial charge in [0.25, 0.3) is 0 Å². The monoisotopic (exact) mass is 232 g/mol. The van der Waals surface area contributed by atoms with Crippen molar-refractivity contribution in [2.75, 3.05) is 13.1 Å². The lowest BCUT2D eigenvalue weighted by atomic mass is 10.0. The summed E-state index contributed by atoms with van der Waals surface area (Å²) in [5.41, 5.74) is 6.02.